The van der Waals surface area contributed by atoms with Gasteiger partial charge in [-0.1, -0.05) is 15.9 Å². The van der Waals surface area contributed by atoms with Crippen LogP contribution in [0.4, 0.5) is 5.69 Å². The van der Waals surface area contributed by atoms with Crippen LogP contribution in [-0.2, 0) is 4.74 Å². The molecule has 2 nitrogen and oxygen atoms in total. The number of hydrogen-bond acceptors (Lipinski definition) is 2. The second-order valence-electron chi connectivity index (χ2n) is 3.13. The molecule has 0 bridgehead atoms. The van der Waals surface area contributed by atoms with Crippen LogP contribution in [0.25, 0.3) is 0 Å². The minimum atomic E-state index is 0.849. The van der Waals surface area contributed by atoms with Gasteiger partial charge in [-0.3, -0.25) is 0 Å². The van der Waals surface area contributed by atoms with Crippen molar-refractivity contribution in [3.05, 3.63) is 28.7 Å². The summed E-state index contributed by atoms with van der Waals surface area (Å²) >= 11 is 3.40. The molecule has 1 N–H and O–H groups in total. The molecule has 0 aliphatic carbocycles. The Bertz CT molecular complexity index is 248. The number of benzene rings is 1. The van der Waals surface area contributed by atoms with Crippen LogP contribution in [0.3, 0.4) is 0 Å². The van der Waals surface area contributed by atoms with Crippen molar-refractivity contribution in [2.24, 2.45) is 0 Å². The second-order valence-corrected chi connectivity index (χ2v) is 4.05. The number of methoxy groups -OCH3 is 1. The summed E-state index contributed by atoms with van der Waals surface area (Å²) in [7, 11) is 1.74. The molecule has 1 aromatic carbocycles. The van der Waals surface area contributed by atoms with Crippen LogP contribution in [0.1, 0.15) is 12.8 Å². The topological polar surface area (TPSA) is 21.3 Å². The fourth-order valence-electron chi connectivity index (χ4n) is 1.17. The van der Waals surface area contributed by atoms with E-state index in [9.17, 15) is 0 Å². The summed E-state index contributed by atoms with van der Waals surface area (Å²) in [4.78, 5) is 0. The average Bonchev–Trinajstić information content (AvgIpc) is 2.21. The van der Waals surface area contributed by atoms with E-state index in [0.29, 0.717) is 0 Å². The fourth-order valence-corrected chi connectivity index (χ4v) is 1.44. The molecule has 0 radical (unpaired) electrons. The molecule has 0 saturated carbocycles. The standard InChI is InChI=1S/C11H16BrNO/c1-14-9-3-2-8-13-11-6-4-10(12)5-7-11/h4-7,13H,2-3,8-9H2,1H3. The van der Waals surface area contributed by atoms with Gasteiger partial charge in [-0.15, -0.1) is 0 Å². The van der Waals surface area contributed by atoms with Crippen LogP contribution in [0.5, 0.6) is 0 Å². The zero-order valence-electron chi connectivity index (χ0n) is 8.42. The lowest BCUT2D eigenvalue weighted by atomic mass is 10.3. The minimum absolute atomic E-state index is 0.849. The molecule has 0 unspecified atom stereocenters. The van der Waals surface area contributed by atoms with E-state index in [4.69, 9.17) is 4.74 Å². The summed E-state index contributed by atoms with van der Waals surface area (Å²) in [5, 5.41) is 3.35. The quantitative estimate of drug-likeness (QED) is 0.790. The number of rotatable bonds is 6. The minimum Gasteiger partial charge on any atom is -0.385 e. The van der Waals surface area contributed by atoms with Gasteiger partial charge in [0.25, 0.3) is 0 Å². The van der Waals surface area contributed by atoms with Crippen molar-refractivity contribution in [3.63, 3.8) is 0 Å². The molecule has 1 aromatic rings. The van der Waals surface area contributed by atoms with E-state index in [1.807, 2.05) is 12.1 Å². The molecule has 1 rings (SSSR count). The van der Waals surface area contributed by atoms with Gasteiger partial charge in [-0.2, -0.15) is 0 Å². The van der Waals surface area contributed by atoms with Crippen LogP contribution < -0.4 is 5.32 Å². The van der Waals surface area contributed by atoms with Crippen LogP contribution in [0.2, 0.25) is 0 Å². The summed E-state index contributed by atoms with van der Waals surface area (Å²) in [5.41, 5.74) is 1.17. The van der Waals surface area contributed by atoms with Gasteiger partial charge in [-0.05, 0) is 37.1 Å². The predicted octanol–water partition coefficient (Wildman–Crippen LogP) is 3.29. The normalized spacial score (nSPS) is 10.1. The maximum Gasteiger partial charge on any atom is 0.0462 e. The molecule has 0 atom stereocenters. The summed E-state index contributed by atoms with van der Waals surface area (Å²) < 4.78 is 6.09. The molecule has 0 amide bonds. The van der Waals surface area contributed by atoms with E-state index in [0.717, 1.165) is 30.5 Å². The first-order chi connectivity index (χ1) is 6.83. The lowest BCUT2D eigenvalue weighted by Gasteiger charge is -2.05. The smallest absolute Gasteiger partial charge is 0.0462 e. The molecule has 78 valence electrons. The Morgan fingerprint density at radius 2 is 1.93 bits per heavy atom. The van der Waals surface area contributed by atoms with Gasteiger partial charge in [-0.25, -0.2) is 0 Å². The van der Waals surface area contributed by atoms with Gasteiger partial charge in [0, 0.05) is 30.4 Å². The molecule has 0 heterocycles. The third kappa shape index (κ3) is 4.63. The van der Waals surface area contributed by atoms with Crippen molar-refractivity contribution < 1.29 is 4.74 Å². The van der Waals surface area contributed by atoms with Gasteiger partial charge < -0.3 is 10.1 Å². The Hall–Kier alpha value is -0.540. The Labute approximate surface area is 93.8 Å². The number of hydrogen-bond donors (Lipinski definition) is 1. The van der Waals surface area contributed by atoms with Gasteiger partial charge in [0.1, 0.15) is 0 Å². The van der Waals surface area contributed by atoms with Gasteiger partial charge in [0.15, 0.2) is 0 Å². The monoisotopic (exact) mass is 257 g/mol. The molecule has 14 heavy (non-hydrogen) atoms. The molecule has 3 heteroatoms. The number of halogens is 1. The fraction of sp³-hybridized carbons (Fsp3) is 0.455. The first-order valence-electron chi connectivity index (χ1n) is 4.81. The molecular formula is C11H16BrNO. The van der Waals surface area contributed by atoms with Gasteiger partial charge in [0.2, 0.25) is 0 Å². The number of anilines is 1. The Kier molecular flexibility index (Phi) is 5.64. The summed E-state index contributed by atoms with van der Waals surface area (Å²) in [5.74, 6) is 0. The van der Waals surface area contributed by atoms with E-state index in [1.165, 1.54) is 5.69 Å². The average molecular weight is 258 g/mol. The van der Waals surface area contributed by atoms with E-state index in [2.05, 4.69) is 33.4 Å². The lowest BCUT2D eigenvalue weighted by Crippen LogP contribution is -2.02. The van der Waals surface area contributed by atoms with Gasteiger partial charge in [0.05, 0.1) is 0 Å². The number of ether oxygens (including phenoxy) is 1. The third-order valence-corrected chi connectivity index (χ3v) is 2.48. The van der Waals surface area contributed by atoms with Crippen molar-refractivity contribution in [1.82, 2.24) is 0 Å². The molecule has 0 saturated heterocycles. The van der Waals surface area contributed by atoms with Crippen LogP contribution >= 0.6 is 15.9 Å². The van der Waals surface area contributed by atoms with E-state index < -0.39 is 0 Å². The highest BCUT2D eigenvalue weighted by Crippen LogP contribution is 2.13. The Morgan fingerprint density at radius 1 is 1.21 bits per heavy atom. The van der Waals surface area contributed by atoms with Crippen molar-refractivity contribution in [2.45, 2.75) is 12.8 Å². The van der Waals surface area contributed by atoms with E-state index in [-0.39, 0.29) is 0 Å². The Balaban J connectivity index is 2.15. The molecule has 0 spiro atoms. The highest BCUT2D eigenvalue weighted by Gasteiger charge is 1.91. The SMILES string of the molecule is COCCCCNc1ccc(Br)cc1. The summed E-state index contributed by atoms with van der Waals surface area (Å²) in [6, 6.07) is 8.22. The van der Waals surface area contributed by atoms with Crippen molar-refractivity contribution in [2.75, 3.05) is 25.6 Å². The second kappa shape index (κ2) is 6.85. The van der Waals surface area contributed by atoms with Crippen LogP contribution in [0.15, 0.2) is 28.7 Å². The molecule has 0 aromatic heterocycles. The summed E-state index contributed by atoms with van der Waals surface area (Å²) in [6.07, 6.45) is 2.25. The highest BCUT2D eigenvalue weighted by atomic mass is 79.9. The third-order valence-electron chi connectivity index (χ3n) is 1.95. The van der Waals surface area contributed by atoms with Crippen LogP contribution in [0, 0.1) is 0 Å². The van der Waals surface area contributed by atoms with E-state index >= 15 is 0 Å². The molecular weight excluding hydrogens is 242 g/mol. The highest BCUT2D eigenvalue weighted by molar-refractivity contribution is 9.10. The first-order valence-corrected chi connectivity index (χ1v) is 5.60. The maximum atomic E-state index is 4.98. The molecule has 0 aliphatic heterocycles. The summed E-state index contributed by atoms with van der Waals surface area (Å²) in [6.45, 7) is 1.85. The first kappa shape index (κ1) is 11.5. The van der Waals surface area contributed by atoms with Crippen molar-refractivity contribution in [1.29, 1.82) is 0 Å². The van der Waals surface area contributed by atoms with Crippen molar-refractivity contribution >= 4 is 21.6 Å². The molecule has 0 fully saturated rings. The maximum absolute atomic E-state index is 4.98. The van der Waals surface area contributed by atoms with E-state index in [1.54, 1.807) is 7.11 Å². The number of nitrogens with one attached hydrogen (secondary N) is 1. The zero-order chi connectivity index (χ0) is 10.2. The van der Waals surface area contributed by atoms with Crippen LogP contribution in [-0.4, -0.2) is 20.3 Å². The molecule has 0 aliphatic rings. The zero-order valence-corrected chi connectivity index (χ0v) is 10.0. The lowest BCUT2D eigenvalue weighted by molar-refractivity contribution is 0.194. The predicted molar refractivity (Wildman–Crippen MR) is 63.7 cm³/mol. The van der Waals surface area contributed by atoms with Gasteiger partial charge >= 0.3 is 0 Å². The number of unbranched alkanes of at least 4 members (excludes halogenated alkanes) is 1. The van der Waals surface area contributed by atoms with Crippen molar-refractivity contribution in [3.8, 4) is 0 Å². The largest absolute Gasteiger partial charge is 0.385 e. The Morgan fingerprint density at radius 3 is 2.57 bits per heavy atom.